The number of piperazine rings is 1. The zero-order chi connectivity index (χ0) is 25.2. The number of hydrogen-bond donors (Lipinski definition) is 1. The largest absolute Gasteiger partial charge is 0.453 e. The zero-order valence-electron chi connectivity index (χ0n) is 20.2. The van der Waals surface area contributed by atoms with E-state index in [1.165, 1.54) is 5.56 Å². The first-order chi connectivity index (χ1) is 16.6. The van der Waals surface area contributed by atoms with Gasteiger partial charge in [-0.3, -0.25) is 9.69 Å². The number of benzene rings is 1. The van der Waals surface area contributed by atoms with Crippen molar-refractivity contribution in [3.8, 4) is 0 Å². The third kappa shape index (κ3) is 5.96. The van der Waals surface area contributed by atoms with Gasteiger partial charge in [-0.25, -0.2) is 9.50 Å². The normalized spacial score (nSPS) is 15.6. The van der Waals surface area contributed by atoms with Gasteiger partial charge in [-0.05, 0) is 50.1 Å². The Morgan fingerprint density at radius 3 is 2.31 bits per heavy atom. The van der Waals surface area contributed by atoms with Crippen LogP contribution in [0.4, 0.5) is 18.9 Å². The first kappa shape index (κ1) is 25.1. The molecule has 2 aromatic heterocycles. The van der Waals surface area contributed by atoms with Gasteiger partial charge < -0.3 is 10.2 Å². The predicted molar refractivity (Wildman–Crippen MR) is 126 cm³/mol. The van der Waals surface area contributed by atoms with Crippen LogP contribution >= 0.6 is 0 Å². The molecule has 0 bridgehead atoms. The summed E-state index contributed by atoms with van der Waals surface area (Å²) in [5.41, 5.74) is 3.62. The lowest BCUT2D eigenvalue weighted by molar-refractivity contribution is -0.144. The number of carbonyl (C=O) groups excluding carboxylic acids is 1. The minimum absolute atomic E-state index is 0.104. The van der Waals surface area contributed by atoms with Crippen LogP contribution in [0.15, 0.2) is 24.3 Å². The number of rotatable bonds is 7. The number of fused-ring (bicyclic) bond motifs is 1. The molecule has 188 valence electrons. The van der Waals surface area contributed by atoms with Gasteiger partial charge in [-0.2, -0.15) is 18.2 Å². The minimum Gasteiger partial charge on any atom is -0.326 e. The van der Waals surface area contributed by atoms with E-state index in [9.17, 15) is 18.0 Å². The molecule has 1 aliphatic rings. The van der Waals surface area contributed by atoms with Crippen LogP contribution in [-0.2, 0) is 23.9 Å². The number of anilines is 1. The maximum absolute atomic E-state index is 13.0. The summed E-state index contributed by atoms with van der Waals surface area (Å²) in [7, 11) is 0. The molecule has 0 radical (unpaired) electrons. The highest BCUT2D eigenvalue weighted by molar-refractivity contribution is 5.90. The van der Waals surface area contributed by atoms with Gasteiger partial charge in [0, 0.05) is 56.2 Å². The topological polar surface area (TPSA) is 78.7 Å². The van der Waals surface area contributed by atoms with E-state index in [-0.39, 0.29) is 18.1 Å². The summed E-state index contributed by atoms with van der Waals surface area (Å²) >= 11 is 0. The molecule has 0 saturated carbocycles. The van der Waals surface area contributed by atoms with E-state index in [0.29, 0.717) is 29.1 Å². The number of carbonyl (C=O) groups is 1. The average Bonchev–Trinajstić information content (AvgIpc) is 3.26. The summed E-state index contributed by atoms with van der Waals surface area (Å²) in [5.74, 6) is -1.51. The molecule has 35 heavy (non-hydrogen) atoms. The van der Waals surface area contributed by atoms with Crippen LogP contribution in [0.25, 0.3) is 5.78 Å². The molecule has 1 saturated heterocycles. The van der Waals surface area contributed by atoms with Crippen LogP contribution in [0.1, 0.15) is 41.7 Å². The maximum Gasteiger partial charge on any atom is 0.453 e. The Kier molecular flexibility index (Phi) is 7.36. The summed E-state index contributed by atoms with van der Waals surface area (Å²) in [4.78, 5) is 25.0. The van der Waals surface area contributed by atoms with Gasteiger partial charge in [0.15, 0.2) is 0 Å². The number of amides is 1. The molecule has 4 rings (SSSR count). The average molecular weight is 490 g/mol. The second-order valence-electron chi connectivity index (χ2n) is 8.86. The SMILES string of the molecule is CCN1CCN(Cc2ccc(NC(=O)CCc3c(C)nc4nc(C(F)(F)F)nn4c3C)cc2)CC1. The van der Waals surface area contributed by atoms with E-state index in [0.717, 1.165) is 43.8 Å². The van der Waals surface area contributed by atoms with Gasteiger partial charge in [0.2, 0.25) is 5.91 Å². The zero-order valence-corrected chi connectivity index (χ0v) is 20.2. The number of alkyl halides is 3. The number of nitrogens with zero attached hydrogens (tertiary/aromatic N) is 6. The fourth-order valence-electron chi connectivity index (χ4n) is 4.37. The van der Waals surface area contributed by atoms with Gasteiger partial charge >= 0.3 is 6.18 Å². The standard InChI is InChI=1S/C24H30F3N7O/c1-4-32-11-13-33(14-12-32)15-18-5-7-19(8-6-18)29-21(35)10-9-20-16(2)28-23-30-22(24(25,26)27)31-34(23)17(20)3/h5-8H,4,9-15H2,1-3H3,(H,29,35). The van der Waals surface area contributed by atoms with Gasteiger partial charge in [-0.15, -0.1) is 5.10 Å². The first-order valence-electron chi connectivity index (χ1n) is 11.8. The quantitative estimate of drug-likeness (QED) is 0.548. The van der Waals surface area contributed by atoms with Crippen LogP contribution in [0.5, 0.6) is 0 Å². The molecule has 1 fully saturated rings. The molecule has 1 amide bonds. The number of nitrogens with one attached hydrogen (secondary N) is 1. The Hall–Kier alpha value is -3.05. The molecule has 1 aliphatic heterocycles. The lowest BCUT2D eigenvalue weighted by atomic mass is 10.1. The summed E-state index contributed by atoms with van der Waals surface area (Å²) in [5, 5.41) is 6.44. The van der Waals surface area contributed by atoms with E-state index in [2.05, 4.69) is 37.1 Å². The van der Waals surface area contributed by atoms with Crippen LogP contribution in [-0.4, -0.2) is 68.0 Å². The molecule has 8 nitrogen and oxygen atoms in total. The van der Waals surface area contributed by atoms with Crippen molar-refractivity contribution in [2.45, 2.75) is 46.3 Å². The number of halogens is 3. The fourth-order valence-corrected chi connectivity index (χ4v) is 4.37. The van der Waals surface area contributed by atoms with Crippen LogP contribution in [0, 0.1) is 13.8 Å². The molecule has 1 N–H and O–H groups in total. The second kappa shape index (κ2) is 10.3. The number of hydrogen-bond acceptors (Lipinski definition) is 6. The summed E-state index contributed by atoms with van der Waals surface area (Å²) in [6, 6.07) is 7.84. The molecule has 3 aromatic rings. The third-order valence-corrected chi connectivity index (χ3v) is 6.46. The Morgan fingerprint density at radius 1 is 1.03 bits per heavy atom. The number of aromatic nitrogens is 4. The van der Waals surface area contributed by atoms with Crippen LogP contribution in [0.2, 0.25) is 0 Å². The first-order valence-corrected chi connectivity index (χ1v) is 11.8. The molecular formula is C24H30F3N7O. The summed E-state index contributed by atoms with van der Waals surface area (Å²) in [6.45, 7) is 11.8. The van der Waals surface area contributed by atoms with E-state index in [1.807, 2.05) is 24.3 Å². The van der Waals surface area contributed by atoms with Crippen LogP contribution in [0.3, 0.4) is 0 Å². The van der Waals surface area contributed by atoms with Gasteiger partial charge in [-0.1, -0.05) is 19.1 Å². The Morgan fingerprint density at radius 2 is 1.69 bits per heavy atom. The van der Waals surface area contributed by atoms with E-state index in [1.54, 1.807) is 13.8 Å². The molecule has 0 aliphatic carbocycles. The third-order valence-electron chi connectivity index (χ3n) is 6.46. The van der Waals surface area contributed by atoms with Crippen molar-refractivity contribution in [2.24, 2.45) is 0 Å². The Balaban J connectivity index is 1.33. The molecule has 0 unspecified atom stereocenters. The van der Waals surface area contributed by atoms with Crippen molar-refractivity contribution in [3.63, 3.8) is 0 Å². The number of aryl methyl sites for hydroxylation is 2. The van der Waals surface area contributed by atoms with Gasteiger partial charge in [0.25, 0.3) is 11.6 Å². The fraction of sp³-hybridized carbons (Fsp3) is 0.500. The van der Waals surface area contributed by atoms with Crippen molar-refractivity contribution in [2.75, 3.05) is 38.0 Å². The Bertz CT molecular complexity index is 1180. The smallest absolute Gasteiger partial charge is 0.326 e. The predicted octanol–water partition coefficient (Wildman–Crippen LogP) is 3.47. The maximum atomic E-state index is 13.0. The van der Waals surface area contributed by atoms with Crippen molar-refractivity contribution in [1.29, 1.82) is 0 Å². The molecule has 0 spiro atoms. The number of likely N-dealkylation sites (N-methyl/N-ethyl adjacent to an activating group) is 1. The van der Waals surface area contributed by atoms with Gasteiger partial charge in [0.05, 0.1) is 0 Å². The highest BCUT2D eigenvalue weighted by Crippen LogP contribution is 2.27. The van der Waals surface area contributed by atoms with Crippen molar-refractivity contribution in [3.05, 3.63) is 52.6 Å². The summed E-state index contributed by atoms with van der Waals surface area (Å²) < 4.78 is 40.0. The molecule has 11 heteroatoms. The van der Waals surface area contributed by atoms with Crippen molar-refractivity contribution >= 4 is 17.4 Å². The van der Waals surface area contributed by atoms with E-state index >= 15 is 0 Å². The lowest BCUT2D eigenvalue weighted by Crippen LogP contribution is -2.45. The Labute approximate surface area is 202 Å². The van der Waals surface area contributed by atoms with Gasteiger partial charge in [0.1, 0.15) is 0 Å². The van der Waals surface area contributed by atoms with E-state index < -0.39 is 12.0 Å². The molecule has 0 atom stereocenters. The highest BCUT2D eigenvalue weighted by Gasteiger charge is 2.37. The van der Waals surface area contributed by atoms with Crippen LogP contribution < -0.4 is 5.32 Å². The molecule has 1 aromatic carbocycles. The highest BCUT2D eigenvalue weighted by atomic mass is 19.4. The second-order valence-corrected chi connectivity index (χ2v) is 8.86. The summed E-state index contributed by atoms with van der Waals surface area (Å²) in [6.07, 6.45) is -4.15. The van der Waals surface area contributed by atoms with E-state index in [4.69, 9.17) is 0 Å². The molecular weight excluding hydrogens is 459 g/mol. The monoisotopic (exact) mass is 489 g/mol. The molecule has 3 heterocycles. The lowest BCUT2D eigenvalue weighted by Gasteiger charge is -2.34. The minimum atomic E-state index is -4.65. The van der Waals surface area contributed by atoms with Crippen molar-refractivity contribution < 1.29 is 18.0 Å². The van der Waals surface area contributed by atoms with Crippen molar-refractivity contribution in [1.82, 2.24) is 29.4 Å².